The normalized spacial score (nSPS) is 11.9. The van der Waals surface area contributed by atoms with E-state index in [0.717, 1.165) is 42.7 Å². The minimum absolute atomic E-state index is 0.0215. The number of hydrogen-bond donors (Lipinski definition) is 0. The molecule has 0 aliphatic carbocycles. The summed E-state index contributed by atoms with van der Waals surface area (Å²) in [6, 6.07) is 20.2. The summed E-state index contributed by atoms with van der Waals surface area (Å²) in [4.78, 5) is 31.3. The first-order valence-corrected chi connectivity index (χ1v) is 15.7. The molecule has 1 unspecified atom stereocenters. The Morgan fingerprint density at radius 2 is 1.69 bits per heavy atom. The van der Waals surface area contributed by atoms with Gasteiger partial charge in [0.25, 0.3) is 5.91 Å². The largest absolute Gasteiger partial charge is 0.497 e. The second-order valence-electron chi connectivity index (χ2n) is 11.8. The van der Waals surface area contributed by atoms with Gasteiger partial charge in [-0.2, -0.15) is 0 Å². The lowest BCUT2D eigenvalue weighted by Crippen LogP contribution is -2.46. The quantitative estimate of drug-likeness (QED) is 0.156. The number of ether oxygens (including phenoxy) is 1. The molecule has 0 aliphatic heterocycles. The molecule has 0 aliphatic rings. The van der Waals surface area contributed by atoms with E-state index in [0.29, 0.717) is 31.1 Å². The molecular weight excluding hydrogens is 522 g/mol. The summed E-state index contributed by atoms with van der Waals surface area (Å²) < 4.78 is 7.58. The number of carbonyl (C=O) groups excluding carboxylic acids is 2. The molecule has 0 radical (unpaired) electrons. The molecule has 0 bridgehead atoms. The fraction of sp³-hybridized carbons (Fsp3) is 0.500. The smallest absolute Gasteiger partial charge is 0.254 e. The number of unbranched alkanes of at least 4 members (excludes halogenated alkanes) is 2. The lowest BCUT2D eigenvalue weighted by molar-refractivity contribution is -0.134. The van der Waals surface area contributed by atoms with E-state index in [1.165, 1.54) is 18.4 Å². The molecule has 1 heterocycles. The van der Waals surface area contributed by atoms with Gasteiger partial charge in [0, 0.05) is 36.6 Å². The van der Waals surface area contributed by atoms with Gasteiger partial charge in [0.05, 0.1) is 13.7 Å². The van der Waals surface area contributed by atoms with Crippen LogP contribution in [0.4, 0.5) is 0 Å². The molecule has 42 heavy (non-hydrogen) atoms. The van der Waals surface area contributed by atoms with Gasteiger partial charge in [-0.05, 0) is 86.1 Å². The van der Waals surface area contributed by atoms with E-state index in [1.807, 2.05) is 41.3 Å². The molecule has 228 valence electrons. The number of nitrogens with zero attached hydrogens (tertiary/aromatic N) is 3. The highest BCUT2D eigenvalue weighted by molar-refractivity contribution is 5.96. The highest BCUT2D eigenvalue weighted by atomic mass is 16.5. The van der Waals surface area contributed by atoms with Gasteiger partial charge in [-0.1, -0.05) is 64.8 Å². The number of rotatable bonds is 17. The molecule has 6 nitrogen and oxygen atoms in total. The molecule has 3 rings (SSSR count). The highest BCUT2D eigenvalue weighted by Gasteiger charge is 2.26. The number of aromatic nitrogens is 1. The monoisotopic (exact) mass is 573 g/mol. The Hall–Kier alpha value is -3.54. The molecule has 2 aromatic carbocycles. The molecule has 6 heteroatoms. The van der Waals surface area contributed by atoms with E-state index in [2.05, 4.69) is 69.6 Å². The summed E-state index contributed by atoms with van der Waals surface area (Å²) in [6.45, 7) is 12.5. The van der Waals surface area contributed by atoms with Crippen LogP contribution in [0, 0.1) is 5.92 Å². The lowest BCUT2D eigenvalue weighted by Gasteiger charge is -2.32. The van der Waals surface area contributed by atoms with E-state index >= 15 is 0 Å². The third-order valence-electron chi connectivity index (χ3n) is 8.05. The van der Waals surface area contributed by atoms with Crippen LogP contribution in [0.25, 0.3) is 0 Å². The molecule has 3 aromatic rings. The predicted octanol–water partition coefficient (Wildman–Crippen LogP) is 7.59. The van der Waals surface area contributed by atoms with Crippen molar-refractivity contribution < 1.29 is 14.3 Å². The van der Waals surface area contributed by atoms with Crippen LogP contribution in [0.3, 0.4) is 0 Å². The molecule has 0 saturated carbocycles. The van der Waals surface area contributed by atoms with Crippen LogP contribution in [0.2, 0.25) is 0 Å². The average Bonchev–Trinajstić information content (AvgIpc) is 3.43. The van der Waals surface area contributed by atoms with Crippen LogP contribution in [-0.4, -0.2) is 52.4 Å². The van der Waals surface area contributed by atoms with Gasteiger partial charge in [0.15, 0.2) is 0 Å². The molecule has 0 saturated heterocycles. The third kappa shape index (κ3) is 9.78. The van der Waals surface area contributed by atoms with Crippen molar-refractivity contribution in [3.05, 3.63) is 89.2 Å². The summed E-state index contributed by atoms with van der Waals surface area (Å²) in [6.07, 6.45) is 8.33. The molecule has 0 N–H and O–H groups in total. The maximum absolute atomic E-state index is 13.9. The summed E-state index contributed by atoms with van der Waals surface area (Å²) >= 11 is 0. The SMILES string of the molecule is CCCCCc1ccc(C(=O)N(CCC(C)C)CC(=O)N(Cc2cccn2Cc2cccc(OC)c2)C(C)CC)cc1. The highest BCUT2D eigenvalue weighted by Crippen LogP contribution is 2.19. The van der Waals surface area contributed by atoms with Gasteiger partial charge in [-0.3, -0.25) is 9.59 Å². The molecule has 2 amide bonds. The summed E-state index contributed by atoms with van der Waals surface area (Å²) in [7, 11) is 1.68. The first-order chi connectivity index (χ1) is 20.2. The number of aryl methyl sites for hydroxylation is 1. The zero-order valence-corrected chi connectivity index (χ0v) is 26.6. The summed E-state index contributed by atoms with van der Waals surface area (Å²) in [5.41, 5.74) is 4.10. The van der Waals surface area contributed by atoms with E-state index < -0.39 is 0 Å². The van der Waals surface area contributed by atoms with Crippen LogP contribution in [0.15, 0.2) is 66.9 Å². The van der Waals surface area contributed by atoms with E-state index in [9.17, 15) is 9.59 Å². The Labute approximate surface area is 253 Å². The van der Waals surface area contributed by atoms with Crippen LogP contribution < -0.4 is 4.74 Å². The van der Waals surface area contributed by atoms with Gasteiger partial charge in [-0.25, -0.2) is 0 Å². The number of methoxy groups -OCH3 is 1. The second-order valence-corrected chi connectivity index (χ2v) is 11.8. The van der Waals surface area contributed by atoms with Crippen molar-refractivity contribution in [1.82, 2.24) is 14.4 Å². The van der Waals surface area contributed by atoms with Crippen LogP contribution in [0.1, 0.15) is 93.9 Å². The fourth-order valence-electron chi connectivity index (χ4n) is 5.10. The number of benzene rings is 2. The summed E-state index contributed by atoms with van der Waals surface area (Å²) in [5.74, 6) is 1.16. The standard InChI is InChI=1S/C36H51N3O3/c1-7-9-10-13-30-17-19-32(20-18-30)36(41)38(23-21-28(3)4)27-35(40)39(29(5)8-2)26-33-15-12-22-37(33)25-31-14-11-16-34(24-31)42-6/h11-12,14-20,22,24,28-29H,7-10,13,21,23,25-27H2,1-6H3. The number of carbonyl (C=O) groups is 2. The first-order valence-electron chi connectivity index (χ1n) is 15.7. The zero-order valence-electron chi connectivity index (χ0n) is 26.6. The second kappa shape index (κ2) is 16.8. The maximum atomic E-state index is 13.9. The van der Waals surface area contributed by atoms with E-state index in [1.54, 1.807) is 12.0 Å². The Bertz CT molecular complexity index is 1250. The summed E-state index contributed by atoms with van der Waals surface area (Å²) in [5, 5.41) is 0. The van der Waals surface area contributed by atoms with Crippen molar-refractivity contribution in [2.75, 3.05) is 20.2 Å². The fourth-order valence-corrected chi connectivity index (χ4v) is 5.10. The van der Waals surface area contributed by atoms with Gasteiger partial charge in [0.1, 0.15) is 12.3 Å². The Balaban J connectivity index is 1.77. The van der Waals surface area contributed by atoms with E-state index in [-0.39, 0.29) is 24.4 Å². The van der Waals surface area contributed by atoms with Crippen molar-refractivity contribution in [3.8, 4) is 5.75 Å². The topological polar surface area (TPSA) is 54.8 Å². The Kier molecular flexibility index (Phi) is 13.2. The van der Waals surface area contributed by atoms with Crippen molar-refractivity contribution in [2.45, 2.75) is 92.3 Å². The van der Waals surface area contributed by atoms with Crippen molar-refractivity contribution in [1.29, 1.82) is 0 Å². The van der Waals surface area contributed by atoms with Crippen molar-refractivity contribution in [3.63, 3.8) is 0 Å². The Morgan fingerprint density at radius 3 is 2.36 bits per heavy atom. The van der Waals surface area contributed by atoms with Crippen molar-refractivity contribution >= 4 is 11.8 Å². The van der Waals surface area contributed by atoms with Crippen molar-refractivity contribution in [2.24, 2.45) is 5.92 Å². The van der Waals surface area contributed by atoms with Gasteiger partial charge in [0.2, 0.25) is 5.91 Å². The average molecular weight is 574 g/mol. The third-order valence-corrected chi connectivity index (χ3v) is 8.05. The minimum atomic E-state index is -0.0744. The maximum Gasteiger partial charge on any atom is 0.254 e. The minimum Gasteiger partial charge on any atom is -0.497 e. The van der Waals surface area contributed by atoms with Crippen LogP contribution >= 0.6 is 0 Å². The number of hydrogen-bond acceptors (Lipinski definition) is 3. The molecule has 1 atom stereocenters. The van der Waals surface area contributed by atoms with E-state index in [4.69, 9.17) is 4.74 Å². The van der Waals surface area contributed by atoms with Crippen LogP contribution in [0.5, 0.6) is 5.75 Å². The Morgan fingerprint density at radius 1 is 0.929 bits per heavy atom. The lowest BCUT2D eigenvalue weighted by atomic mass is 10.0. The molecule has 0 fully saturated rings. The van der Waals surface area contributed by atoms with Gasteiger partial charge >= 0.3 is 0 Å². The van der Waals surface area contributed by atoms with Gasteiger partial charge in [-0.15, -0.1) is 0 Å². The molecule has 1 aromatic heterocycles. The van der Waals surface area contributed by atoms with Crippen LogP contribution in [-0.2, 0) is 24.3 Å². The number of amides is 2. The molecular formula is C36H51N3O3. The first kappa shape index (κ1) is 33.0. The van der Waals surface area contributed by atoms with Gasteiger partial charge < -0.3 is 19.1 Å². The molecule has 0 spiro atoms. The predicted molar refractivity (Wildman–Crippen MR) is 172 cm³/mol. The zero-order chi connectivity index (χ0) is 30.5.